The number of fused-ring (bicyclic) bond motifs is 1. The van der Waals surface area contributed by atoms with E-state index in [1.54, 1.807) is 0 Å². The maximum Gasteiger partial charge on any atom is 0.156 e. The number of aliphatic imine (C=N–C) groups is 1. The number of nitrogen functional groups attached to an aromatic ring is 1. The SMILES string of the molecule is CCC1Oc2ccc(N)cc2N=C1N1C(C)CCCC1C. The first kappa shape index (κ1) is 14.2. The Bertz CT molecular complexity index is 545. The Balaban J connectivity index is 2.01. The van der Waals surface area contributed by atoms with Crippen molar-refractivity contribution in [1.82, 2.24) is 4.90 Å². The number of piperidine rings is 1. The van der Waals surface area contributed by atoms with Crippen molar-refractivity contribution in [2.75, 3.05) is 5.73 Å². The highest BCUT2D eigenvalue weighted by molar-refractivity contribution is 5.92. The lowest BCUT2D eigenvalue weighted by atomic mass is 9.96. The fourth-order valence-corrected chi connectivity index (χ4v) is 3.49. The van der Waals surface area contributed by atoms with Gasteiger partial charge in [-0.3, -0.25) is 0 Å². The summed E-state index contributed by atoms with van der Waals surface area (Å²) >= 11 is 0. The Morgan fingerprint density at radius 1 is 1.29 bits per heavy atom. The standard InChI is InChI=1S/C17H25N3O/c1-4-15-17(20-11(2)6-5-7-12(20)3)19-14-10-13(18)8-9-16(14)21-15/h8-12,15H,4-7,18H2,1-3H3. The molecule has 1 aromatic carbocycles. The van der Waals surface area contributed by atoms with E-state index in [0.717, 1.165) is 29.4 Å². The summed E-state index contributed by atoms with van der Waals surface area (Å²) in [6.45, 7) is 6.74. The summed E-state index contributed by atoms with van der Waals surface area (Å²) in [6.07, 6.45) is 4.73. The molecular weight excluding hydrogens is 262 g/mol. The molecule has 0 amide bonds. The Morgan fingerprint density at radius 3 is 2.67 bits per heavy atom. The molecular formula is C17H25N3O. The molecule has 2 aliphatic heterocycles. The predicted octanol–water partition coefficient (Wildman–Crippen LogP) is 3.73. The van der Waals surface area contributed by atoms with E-state index in [0.29, 0.717) is 12.1 Å². The molecule has 1 aromatic rings. The minimum Gasteiger partial charge on any atom is -0.480 e. The number of benzene rings is 1. The molecule has 2 N–H and O–H groups in total. The van der Waals surface area contributed by atoms with E-state index in [1.807, 2.05) is 18.2 Å². The zero-order valence-corrected chi connectivity index (χ0v) is 13.2. The molecule has 3 unspecified atom stereocenters. The molecule has 3 rings (SSSR count). The van der Waals surface area contributed by atoms with Crippen LogP contribution < -0.4 is 10.5 Å². The molecule has 1 fully saturated rings. The summed E-state index contributed by atoms with van der Waals surface area (Å²) in [6, 6.07) is 6.75. The summed E-state index contributed by atoms with van der Waals surface area (Å²) in [4.78, 5) is 7.38. The topological polar surface area (TPSA) is 50.9 Å². The van der Waals surface area contributed by atoms with Crippen molar-refractivity contribution in [2.45, 2.75) is 64.6 Å². The highest BCUT2D eigenvalue weighted by Crippen LogP contribution is 2.37. The molecule has 21 heavy (non-hydrogen) atoms. The van der Waals surface area contributed by atoms with Gasteiger partial charge in [0, 0.05) is 17.8 Å². The van der Waals surface area contributed by atoms with E-state index in [-0.39, 0.29) is 6.10 Å². The average molecular weight is 287 g/mol. The van der Waals surface area contributed by atoms with Crippen LogP contribution in [0.5, 0.6) is 5.75 Å². The van der Waals surface area contributed by atoms with Crippen LogP contribution in [0.15, 0.2) is 23.2 Å². The van der Waals surface area contributed by atoms with Crippen LogP contribution in [0.3, 0.4) is 0 Å². The maximum atomic E-state index is 6.17. The van der Waals surface area contributed by atoms with E-state index >= 15 is 0 Å². The molecule has 0 saturated carbocycles. The van der Waals surface area contributed by atoms with Crippen molar-refractivity contribution in [3.63, 3.8) is 0 Å². The highest BCUT2D eigenvalue weighted by atomic mass is 16.5. The van der Waals surface area contributed by atoms with E-state index in [9.17, 15) is 0 Å². The summed E-state index contributed by atoms with van der Waals surface area (Å²) in [5.74, 6) is 1.92. The zero-order chi connectivity index (χ0) is 15.0. The van der Waals surface area contributed by atoms with Gasteiger partial charge in [0.1, 0.15) is 17.3 Å². The number of amidine groups is 1. The van der Waals surface area contributed by atoms with Gasteiger partial charge in [-0.15, -0.1) is 0 Å². The van der Waals surface area contributed by atoms with Gasteiger partial charge in [0.15, 0.2) is 6.10 Å². The predicted molar refractivity (Wildman–Crippen MR) is 87.3 cm³/mol. The number of ether oxygens (including phenoxy) is 1. The average Bonchev–Trinajstić information content (AvgIpc) is 2.46. The van der Waals surface area contributed by atoms with Crippen molar-refractivity contribution >= 4 is 17.2 Å². The second-order valence-electron chi connectivity index (χ2n) is 6.25. The second kappa shape index (κ2) is 5.58. The van der Waals surface area contributed by atoms with Gasteiger partial charge in [0.2, 0.25) is 0 Å². The van der Waals surface area contributed by atoms with Gasteiger partial charge < -0.3 is 15.4 Å². The molecule has 3 atom stereocenters. The van der Waals surface area contributed by atoms with E-state index in [2.05, 4.69) is 25.7 Å². The summed E-state index contributed by atoms with van der Waals surface area (Å²) in [5, 5.41) is 0. The van der Waals surface area contributed by atoms with Gasteiger partial charge in [0.25, 0.3) is 0 Å². The summed E-state index contributed by atoms with van der Waals surface area (Å²) < 4.78 is 6.17. The fraction of sp³-hybridized carbons (Fsp3) is 0.588. The van der Waals surface area contributed by atoms with Crippen molar-refractivity contribution in [1.29, 1.82) is 0 Å². The molecule has 1 saturated heterocycles. The lowest BCUT2D eigenvalue weighted by molar-refractivity contribution is 0.157. The Labute approximate surface area is 127 Å². The smallest absolute Gasteiger partial charge is 0.156 e. The molecule has 4 nitrogen and oxygen atoms in total. The Hall–Kier alpha value is -1.71. The molecule has 0 bridgehead atoms. The van der Waals surface area contributed by atoms with Crippen LogP contribution in [0.4, 0.5) is 11.4 Å². The van der Waals surface area contributed by atoms with Crippen LogP contribution in [-0.4, -0.2) is 28.9 Å². The number of hydrogen-bond acceptors (Lipinski definition) is 4. The molecule has 2 heterocycles. The van der Waals surface area contributed by atoms with Gasteiger partial charge in [-0.25, -0.2) is 4.99 Å². The van der Waals surface area contributed by atoms with Gasteiger partial charge in [-0.1, -0.05) is 6.92 Å². The second-order valence-corrected chi connectivity index (χ2v) is 6.25. The quantitative estimate of drug-likeness (QED) is 0.801. The Kier molecular flexibility index (Phi) is 3.79. The van der Waals surface area contributed by atoms with Crippen molar-refractivity contribution < 1.29 is 4.74 Å². The molecule has 114 valence electrons. The monoisotopic (exact) mass is 287 g/mol. The first-order chi connectivity index (χ1) is 10.1. The largest absolute Gasteiger partial charge is 0.480 e. The van der Waals surface area contributed by atoms with Crippen LogP contribution in [0.1, 0.15) is 46.5 Å². The van der Waals surface area contributed by atoms with Crippen LogP contribution >= 0.6 is 0 Å². The van der Waals surface area contributed by atoms with Gasteiger partial charge >= 0.3 is 0 Å². The van der Waals surface area contributed by atoms with Crippen LogP contribution in [0.2, 0.25) is 0 Å². The number of anilines is 1. The van der Waals surface area contributed by atoms with Crippen molar-refractivity contribution in [2.24, 2.45) is 4.99 Å². The normalized spacial score (nSPS) is 28.6. The third-order valence-electron chi connectivity index (χ3n) is 4.60. The lowest BCUT2D eigenvalue weighted by Crippen LogP contribution is -2.53. The van der Waals surface area contributed by atoms with Gasteiger partial charge in [-0.2, -0.15) is 0 Å². The van der Waals surface area contributed by atoms with Gasteiger partial charge in [0.05, 0.1) is 0 Å². The lowest BCUT2D eigenvalue weighted by Gasteiger charge is -2.44. The van der Waals surface area contributed by atoms with Crippen LogP contribution in [0.25, 0.3) is 0 Å². The minimum atomic E-state index is 0.0455. The molecule has 0 aromatic heterocycles. The third kappa shape index (κ3) is 2.59. The number of likely N-dealkylation sites (tertiary alicyclic amines) is 1. The highest BCUT2D eigenvalue weighted by Gasteiger charge is 2.34. The molecule has 4 heteroatoms. The number of nitrogens with two attached hydrogens (primary N) is 1. The first-order valence-electron chi connectivity index (χ1n) is 8.03. The molecule has 0 aliphatic carbocycles. The van der Waals surface area contributed by atoms with Gasteiger partial charge in [-0.05, 0) is 57.7 Å². The fourth-order valence-electron chi connectivity index (χ4n) is 3.49. The van der Waals surface area contributed by atoms with Crippen LogP contribution in [-0.2, 0) is 0 Å². The van der Waals surface area contributed by atoms with E-state index < -0.39 is 0 Å². The number of nitrogens with zero attached hydrogens (tertiary/aromatic N) is 2. The van der Waals surface area contributed by atoms with Crippen LogP contribution in [0, 0.1) is 0 Å². The minimum absolute atomic E-state index is 0.0455. The molecule has 0 radical (unpaired) electrons. The zero-order valence-electron chi connectivity index (χ0n) is 13.2. The van der Waals surface area contributed by atoms with Crippen molar-refractivity contribution in [3.8, 4) is 5.75 Å². The number of hydrogen-bond donors (Lipinski definition) is 1. The first-order valence-corrected chi connectivity index (χ1v) is 8.03. The molecule has 2 aliphatic rings. The van der Waals surface area contributed by atoms with E-state index in [1.165, 1.54) is 19.3 Å². The molecule has 0 spiro atoms. The third-order valence-corrected chi connectivity index (χ3v) is 4.60. The van der Waals surface area contributed by atoms with E-state index in [4.69, 9.17) is 15.5 Å². The summed E-state index contributed by atoms with van der Waals surface area (Å²) in [7, 11) is 0. The maximum absolute atomic E-state index is 6.17. The number of rotatable bonds is 1. The summed E-state index contributed by atoms with van der Waals surface area (Å²) in [5.41, 5.74) is 7.48. The Morgan fingerprint density at radius 2 is 2.00 bits per heavy atom. The van der Waals surface area contributed by atoms with Crippen molar-refractivity contribution in [3.05, 3.63) is 18.2 Å².